The molecule has 1 aromatic carbocycles. The molecule has 0 bridgehead atoms. The average molecular weight is 348 g/mol. The first-order valence-electron chi connectivity index (χ1n) is 6.39. The molecule has 0 saturated heterocycles. The van der Waals surface area contributed by atoms with Gasteiger partial charge in [0.1, 0.15) is 24.5 Å². The number of carbonyl (C=O) groups is 1. The second kappa shape index (κ2) is 7.05. The topological polar surface area (TPSA) is 139 Å². The molecule has 128 valence electrons. The molecule has 0 aliphatic carbocycles. The maximum atomic E-state index is 11.7. The minimum Gasteiger partial charge on any atom is -0.746 e. The Morgan fingerprint density at radius 1 is 1.39 bits per heavy atom. The lowest BCUT2D eigenvalue weighted by atomic mass is 10.2. The van der Waals surface area contributed by atoms with Crippen LogP contribution in [0.15, 0.2) is 18.2 Å². The molecule has 0 spiro atoms. The van der Waals surface area contributed by atoms with Crippen molar-refractivity contribution in [1.82, 2.24) is 0 Å². The molecule has 1 unspecified atom stereocenters. The van der Waals surface area contributed by atoms with Gasteiger partial charge in [-0.05, 0) is 6.07 Å². The van der Waals surface area contributed by atoms with Gasteiger partial charge in [0.25, 0.3) is 5.69 Å². The smallest absolute Gasteiger partial charge is 0.342 e. The van der Waals surface area contributed by atoms with Crippen LogP contribution in [-0.4, -0.2) is 54.8 Å². The number of aromatic carboxylic acids is 1. The highest BCUT2D eigenvalue weighted by Gasteiger charge is 2.22. The molecule has 0 aromatic heterocycles. The zero-order chi connectivity index (χ0) is 17.8. The number of phosphoric acid groups is 1. The van der Waals surface area contributed by atoms with Gasteiger partial charge in [0.2, 0.25) is 0 Å². The Labute approximate surface area is 132 Å². The van der Waals surface area contributed by atoms with Crippen LogP contribution in [0.3, 0.4) is 0 Å². The molecule has 0 radical (unpaired) electrons. The number of nitro benzene ring substituents is 1. The Morgan fingerprint density at radius 3 is 2.48 bits per heavy atom. The van der Waals surface area contributed by atoms with E-state index < -0.39 is 30.0 Å². The van der Waals surface area contributed by atoms with Crippen LogP contribution in [0.5, 0.6) is 5.75 Å². The van der Waals surface area contributed by atoms with Crippen molar-refractivity contribution in [2.45, 2.75) is 0 Å². The third-order valence-electron chi connectivity index (χ3n) is 2.62. The van der Waals surface area contributed by atoms with Crippen molar-refractivity contribution in [3.8, 4) is 5.75 Å². The third kappa shape index (κ3) is 6.33. The minimum absolute atomic E-state index is 0.122. The zero-order valence-electron chi connectivity index (χ0n) is 12.8. The molecule has 1 rings (SSSR count). The molecule has 0 fully saturated rings. The van der Waals surface area contributed by atoms with E-state index >= 15 is 0 Å². The van der Waals surface area contributed by atoms with Crippen LogP contribution in [-0.2, 0) is 9.09 Å². The Bertz CT molecular complexity index is 655. The highest BCUT2D eigenvalue weighted by Crippen LogP contribution is 2.40. The van der Waals surface area contributed by atoms with Gasteiger partial charge in [0, 0.05) is 12.1 Å². The van der Waals surface area contributed by atoms with E-state index in [0.717, 1.165) is 18.2 Å². The number of rotatable bonds is 8. The van der Waals surface area contributed by atoms with Crippen molar-refractivity contribution < 1.29 is 37.8 Å². The van der Waals surface area contributed by atoms with Crippen molar-refractivity contribution in [3.63, 3.8) is 0 Å². The number of nitro groups is 1. The van der Waals surface area contributed by atoms with Crippen LogP contribution >= 0.6 is 7.82 Å². The van der Waals surface area contributed by atoms with E-state index in [2.05, 4.69) is 9.05 Å². The Hall–Kier alpha value is -2.00. The standard InChI is InChI=1S/C12H17N2O8P/c1-14(2,3)6-7-21-23(19,20)22-9-4-5-11(13(17)18)10(8-9)12(15)16/h4-5,8H,6-7H2,1-3H3,(H-,15,16,19,20). The monoisotopic (exact) mass is 348 g/mol. The predicted octanol–water partition coefficient (Wildman–Crippen LogP) is 0.863. The van der Waals surface area contributed by atoms with E-state index in [1.165, 1.54) is 0 Å². The molecule has 1 N–H and O–H groups in total. The number of quaternary nitrogens is 1. The summed E-state index contributed by atoms with van der Waals surface area (Å²) in [6.45, 7) is 0.277. The van der Waals surface area contributed by atoms with Crippen molar-refractivity contribution in [2.75, 3.05) is 34.3 Å². The summed E-state index contributed by atoms with van der Waals surface area (Å²) in [5, 5.41) is 19.6. The molecule has 0 amide bonds. The van der Waals surface area contributed by atoms with Crippen molar-refractivity contribution in [1.29, 1.82) is 0 Å². The largest absolute Gasteiger partial charge is 0.746 e. The summed E-state index contributed by atoms with van der Waals surface area (Å²) in [5.74, 6) is -1.95. The number of phosphoric ester groups is 1. The van der Waals surface area contributed by atoms with E-state index in [-0.39, 0.29) is 12.4 Å². The summed E-state index contributed by atoms with van der Waals surface area (Å²) in [6.07, 6.45) is 0. The number of benzene rings is 1. The summed E-state index contributed by atoms with van der Waals surface area (Å²) in [7, 11) is 0.816. The number of hydrogen-bond acceptors (Lipinski definition) is 7. The van der Waals surface area contributed by atoms with Crippen LogP contribution in [0.25, 0.3) is 0 Å². The van der Waals surface area contributed by atoms with E-state index in [1.807, 2.05) is 21.1 Å². The van der Waals surface area contributed by atoms with Gasteiger partial charge in [0.05, 0.1) is 26.1 Å². The Morgan fingerprint density at radius 2 is 2.00 bits per heavy atom. The molecule has 0 aliphatic rings. The molecule has 10 nitrogen and oxygen atoms in total. The van der Waals surface area contributed by atoms with Gasteiger partial charge >= 0.3 is 13.8 Å². The number of hydrogen-bond donors (Lipinski definition) is 1. The van der Waals surface area contributed by atoms with Gasteiger partial charge < -0.3 is 23.5 Å². The van der Waals surface area contributed by atoms with Gasteiger partial charge in [0.15, 0.2) is 0 Å². The highest BCUT2D eigenvalue weighted by atomic mass is 31.2. The van der Waals surface area contributed by atoms with Crippen LogP contribution in [0.1, 0.15) is 10.4 Å². The van der Waals surface area contributed by atoms with E-state index in [0.29, 0.717) is 11.0 Å². The molecule has 0 saturated carbocycles. The number of carboxylic acids is 1. The second-order valence-electron chi connectivity index (χ2n) is 5.63. The van der Waals surface area contributed by atoms with Gasteiger partial charge in [-0.15, -0.1) is 0 Å². The SMILES string of the molecule is C[N+](C)(C)CCOP(=O)([O-])Oc1ccc([N+](=O)[O-])c(C(=O)O)c1. The highest BCUT2D eigenvalue weighted by molar-refractivity contribution is 7.46. The lowest BCUT2D eigenvalue weighted by Crippen LogP contribution is -2.37. The predicted molar refractivity (Wildman–Crippen MR) is 77.1 cm³/mol. The summed E-state index contributed by atoms with van der Waals surface area (Å²) >= 11 is 0. The average Bonchev–Trinajstić information content (AvgIpc) is 2.35. The van der Waals surface area contributed by atoms with Crippen LogP contribution in [0.2, 0.25) is 0 Å². The first-order valence-corrected chi connectivity index (χ1v) is 7.85. The molecule has 1 atom stereocenters. The van der Waals surface area contributed by atoms with Crippen LogP contribution in [0.4, 0.5) is 5.69 Å². The second-order valence-corrected chi connectivity index (χ2v) is 6.96. The van der Waals surface area contributed by atoms with Gasteiger partial charge in [-0.3, -0.25) is 14.7 Å². The summed E-state index contributed by atoms with van der Waals surface area (Å²) in [5.41, 5.74) is -1.35. The van der Waals surface area contributed by atoms with Gasteiger partial charge in [-0.2, -0.15) is 0 Å². The quantitative estimate of drug-likeness (QED) is 0.316. The molecule has 23 heavy (non-hydrogen) atoms. The molecule has 1 aromatic rings. The lowest BCUT2D eigenvalue weighted by molar-refractivity contribution is -0.870. The fourth-order valence-electron chi connectivity index (χ4n) is 1.48. The molecule has 11 heteroatoms. The first-order chi connectivity index (χ1) is 10.4. The lowest BCUT2D eigenvalue weighted by Gasteiger charge is -2.27. The normalized spacial score (nSPS) is 14.1. The Balaban J connectivity index is 2.87. The summed E-state index contributed by atoms with van der Waals surface area (Å²) in [4.78, 5) is 32.5. The van der Waals surface area contributed by atoms with Crippen molar-refractivity contribution in [3.05, 3.63) is 33.9 Å². The zero-order valence-corrected chi connectivity index (χ0v) is 13.7. The molecular formula is C12H17N2O8P. The minimum atomic E-state index is -4.71. The third-order valence-corrected chi connectivity index (χ3v) is 3.56. The first kappa shape index (κ1) is 19.0. The maximum absolute atomic E-state index is 11.7. The summed E-state index contributed by atoms with van der Waals surface area (Å²) in [6, 6.07) is 2.59. The van der Waals surface area contributed by atoms with Crippen molar-refractivity contribution >= 4 is 19.5 Å². The molecule has 0 aliphatic heterocycles. The fourth-order valence-corrected chi connectivity index (χ4v) is 2.21. The van der Waals surface area contributed by atoms with Crippen LogP contribution in [0, 0.1) is 10.1 Å². The van der Waals surface area contributed by atoms with Gasteiger partial charge in [-0.25, -0.2) is 4.79 Å². The summed E-state index contributed by atoms with van der Waals surface area (Å²) < 4.78 is 21.4. The molecular weight excluding hydrogens is 331 g/mol. The number of carboxylic acid groups (broad SMARTS) is 1. The molecule has 0 heterocycles. The van der Waals surface area contributed by atoms with Crippen molar-refractivity contribution in [2.24, 2.45) is 0 Å². The maximum Gasteiger partial charge on any atom is 0.342 e. The van der Waals surface area contributed by atoms with E-state index in [9.17, 15) is 24.4 Å². The van der Waals surface area contributed by atoms with E-state index in [1.54, 1.807) is 0 Å². The van der Waals surface area contributed by atoms with Crippen LogP contribution < -0.4 is 9.42 Å². The fraction of sp³-hybridized carbons (Fsp3) is 0.417. The number of likely N-dealkylation sites (N-methyl/N-ethyl adjacent to an activating group) is 1. The number of nitrogens with zero attached hydrogens (tertiary/aromatic N) is 2. The van der Waals surface area contributed by atoms with Gasteiger partial charge in [-0.1, -0.05) is 0 Å². The Kier molecular flexibility index (Phi) is 5.84. The van der Waals surface area contributed by atoms with E-state index in [4.69, 9.17) is 5.11 Å².